The Labute approximate surface area is 331 Å². The molecule has 8 nitrogen and oxygen atoms in total. The zero-order valence-corrected chi connectivity index (χ0v) is 38.2. The summed E-state index contributed by atoms with van der Waals surface area (Å²) in [7, 11) is 26.1. The molecule has 0 bridgehead atoms. The molecule has 0 heterocycles. The van der Waals surface area contributed by atoms with Gasteiger partial charge in [0.15, 0.2) is 0 Å². The first-order valence-electron chi connectivity index (χ1n) is 18.5. The van der Waals surface area contributed by atoms with E-state index in [4.69, 9.17) is 28.4 Å². The molecule has 0 aromatic rings. The van der Waals surface area contributed by atoms with Crippen molar-refractivity contribution in [3.05, 3.63) is 0 Å². The lowest BCUT2D eigenvalue weighted by Gasteiger charge is -2.28. The van der Waals surface area contributed by atoms with Crippen LogP contribution in [0, 0.1) is 0 Å². The maximum Gasteiger partial charge on any atom is 0.282 e. The topological polar surface area (TPSA) is 61.4 Å². The zero-order valence-electron chi connectivity index (χ0n) is 33.3. The van der Waals surface area contributed by atoms with E-state index in [1.165, 1.54) is 123 Å². The second-order valence-corrected chi connectivity index (χ2v) is 21.1. The predicted octanol–water partition coefficient (Wildman–Crippen LogP) is 11.4. The highest BCUT2D eigenvalue weighted by molar-refractivity contribution is 9.30. The van der Waals surface area contributed by atoms with Crippen LogP contribution >= 0.6 is 64.8 Å². The lowest BCUT2D eigenvalue weighted by Crippen LogP contribution is -2.35. The summed E-state index contributed by atoms with van der Waals surface area (Å²) in [6, 6.07) is 0. The summed E-state index contributed by atoms with van der Waals surface area (Å²) in [4.78, 5) is 0. The van der Waals surface area contributed by atoms with E-state index in [1.807, 2.05) is 64.8 Å². The van der Waals surface area contributed by atoms with Gasteiger partial charge in [0.2, 0.25) is 0 Å². The fraction of sp³-hybridized carbons (Fsp3) is 0.944. The molecule has 50 heavy (non-hydrogen) atoms. The molecule has 0 aromatic carbocycles. The Balaban J connectivity index is 3.88. The minimum absolute atomic E-state index is 0.774. The monoisotopic (exact) mass is 822 g/mol. The van der Waals surface area contributed by atoms with Crippen molar-refractivity contribution in [1.29, 1.82) is 0 Å². The highest BCUT2D eigenvalue weighted by Crippen LogP contribution is 2.47. The number of methoxy groups -OCH3 is 6. The predicted molar refractivity (Wildman–Crippen MR) is 229 cm³/mol. The summed E-state index contributed by atoms with van der Waals surface area (Å²) in [6.07, 6.45) is 24.5. The standard InChI is InChI=1S/C36H74N2O6S6/c1-37(2)33(45-31-27-23-19-15-11-13-17-21-25-29-35(39-5,40-6)41-7)47-49-50-48-34(38(3)4)46-32-28-24-20-16-12-14-18-22-26-30-36(42-8,43-9)44-10/h11-32H2,1-10H3/q+2. The fourth-order valence-electron chi connectivity index (χ4n) is 5.33. The Kier molecular flexibility index (Phi) is 35.5. The van der Waals surface area contributed by atoms with Crippen molar-refractivity contribution in [2.24, 2.45) is 0 Å². The molecule has 0 spiro atoms. The van der Waals surface area contributed by atoms with E-state index in [2.05, 4.69) is 37.3 Å². The van der Waals surface area contributed by atoms with E-state index in [9.17, 15) is 0 Å². The third kappa shape index (κ3) is 26.1. The molecular weight excluding hydrogens is 749 g/mol. The first-order valence-corrected chi connectivity index (χ1v) is 25.3. The quantitative estimate of drug-likeness (QED) is 0.0158. The minimum atomic E-state index is -0.872. The van der Waals surface area contributed by atoms with Gasteiger partial charge in [0.1, 0.15) is 28.2 Å². The lowest BCUT2D eigenvalue weighted by atomic mass is 10.1. The lowest BCUT2D eigenvalue weighted by molar-refractivity contribution is -0.458. The second kappa shape index (κ2) is 34.7. The van der Waals surface area contributed by atoms with E-state index in [-0.39, 0.29) is 0 Å². The van der Waals surface area contributed by atoms with Gasteiger partial charge in [-0.15, -0.1) is 0 Å². The van der Waals surface area contributed by atoms with Crippen molar-refractivity contribution in [3.63, 3.8) is 0 Å². The molecule has 14 heteroatoms. The number of nitrogens with zero attached hydrogens (tertiary/aromatic N) is 2. The highest BCUT2D eigenvalue weighted by atomic mass is 33.7. The van der Waals surface area contributed by atoms with Crippen LogP contribution in [0.2, 0.25) is 0 Å². The fourth-order valence-corrected chi connectivity index (χ4v) is 15.1. The smallest absolute Gasteiger partial charge is 0.282 e. The Bertz CT molecular complexity index is 770. The van der Waals surface area contributed by atoms with Crippen molar-refractivity contribution in [2.75, 3.05) is 82.4 Å². The molecule has 0 N–H and O–H groups in total. The van der Waals surface area contributed by atoms with Crippen LogP contribution in [-0.4, -0.2) is 112 Å². The molecule has 0 aliphatic rings. The van der Waals surface area contributed by atoms with Crippen molar-refractivity contribution >= 4 is 73.5 Å². The molecule has 0 aliphatic carbocycles. The number of hydrogen-bond acceptors (Lipinski definition) is 12. The average molecular weight is 823 g/mol. The van der Waals surface area contributed by atoms with Crippen LogP contribution in [0.3, 0.4) is 0 Å². The van der Waals surface area contributed by atoms with Gasteiger partial charge in [0, 0.05) is 88.6 Å². The van der Waals surface area contributed by atoms with Crippen LogP contribution in [-0.2, 0) is 28.4 Å². The molecule has 298 valence electrons. The summed E-state index contributed by atoms with van der Waals surface area (Å²) in [6.45, 7) is 0. The maximum atomic E-state index is 5.38. The molecule has 0 fully saturated rings. The third-order valence-electron chi connectivity index (χ3n) is 8.54. The molecule has 0 amide bonds. The van der Waals surface area contributed by atoms with Gasteiger partial charge in [0.05, 0.1) is 0 Å². The first kappa shape index (κ1) is 51.2. The van der Waals surface area contributed by atoms with Crippen LogP contribution in [0.25, 0.3) is 0 Å². The Hall–Kier alpha value is 1.20. The summed E-state index contributed by atoms with van der Waals surface area (Å²) >= 11 is 4.02. The van der Waals surface area contributed by atoms with E-state index >= 15 is 0 Å². The number of thioether (sulfide) groups is 2. The minimum Gasteiger partial charge on any atom is -0.331 e. The average Bonchev–Trinajstić information content (AvgIpc) is 3.12. The number of hydrogen-bond donors (Lipinski definition) is 0. The summed E-state index contributed by atoms with van der Waals surface area (Å²) < 4.78 is 39.6. The van der Waals surface area contributed by atoms with Crippen molar-refractivity contribution < 1.29 is 37.6 Å². The maximum absolute atomic E-state index is 5.38. The molecule has 0 radical (unpaired) electrons. The molecule has 0 aliphatic heterocycles. The molecule has 0 aromatic heterocycles. The van der Waals surface area contributed by atoms with Crippen LogP contribution in [0.15, 0.2) is 0 Å². The highest BCUT2D eigenvalue weighted by Gasteiger charge is 2.29. The molecular formula is C36H74N2O6S6+2. The molecule has 0 saturated carbocycles. The van der Waals surface area contributed by atoms with Gasteiger partial charge in [-0.3, -0.25) is 0 Å². The SMILES string of the molecule is COC(CCCCCCCCCCCSC(SSSSC(SCCCCCCCCCCCC(OC)(OC)OC)=[N+](C)C)=[N+](C)C)(OC)OC. The van der Waals surface area contributed by atoms with Crippen LogP contribution < -0.4 is 0 Å². The van der Waals surface area contributed by atoms with Crippen LogP contribution in [0.5, 0.6) is 0 Å². The van der Waals surface area contributed by atoms with E-state index in [0.29, 0.717) is 0 Å². The number of ether oxygens (including phenoxy) is 6. The van der Waals surface area contributed by atoms with Crippen molar-refractivity contribution in [1.82, 2.24) is 0 Å². The number of unbranched alkanes of at least 4 members (excludes halogenated alkanes) is 16. The van der Waals surface area contributed by atoms with Gasteiger partial charge in [-0.1, -0.05) is 89.9 Å². The van der Waals surface area contributed by atoms with Crippen molar-refractivity contribution in [2.45, 2.75) is 140 Å². The Morgan fingerprint density at radius 1 is 0.380 bits per heavy atom. The van der Waals surface area contributed by atoms with Gasteiger partial charge >= 0.3 is 0 Å². The normalized spacial score (nSPS) is 12.1. The second-order valence-electron chi connectivity index (χ2n) is 12.8. The van der Waals surface area contributed by atoms with Gasteiger partial charge in [-0.2, -0.15) is 0 Å². The number of rotatable bonds is 33. The zero-order chi connectivity index (χ0) is 37.4. The third-order valence-corrected chi connectivity index (χ3v) is 18.5. The van der Waals surface area contributed by atoms with E-state index in [1.54, 1.807) is 42.7 Å². The van der Waals surface area contributed by atoms with Gasteiger partial charge in [-0.05, 0) is 68.9 Å². The Morgan fingerprint density at radius 2 is 0.620 bits per heavy atom. The molecule has 0 unspecified atom stereocenters. The molecule has 0 rings (SSSR count). The molecule has 0 saturated heterocycles. The summed E-state index contributed by atoms with van der Waals surface area (Å²) in [5.41, 5.74) is 0. The van der Waals surface area contributed by atoms with Gasteiger partial charge in [0.25, 0.3) is 20.7 Å². The summed E-state index contributed by atoms with van der Waals surface area (Å²) in [5.74, 6) is 0.650. The van der Waals surface area contributed by atoms with Crippen LogP contribution in [0.1, 0.15) is 128 Å². The van der Waals surface area contributed by atoms with Gasteiger partial charge in [-0.25, -0.2) is 9.15 Å². The largest absolute Gasteiger partial charge is 0.331 e. The van der Waals surface area contributed by atoms with Gasteiger partial charge < -0.3 is 28.4 Å². The summed E-state index contributed by atoms with van der Waals surface area (Å²) in [5, 5.41) is 0. The van der Waals surface area contributed by atoms with Crippen LogP contribution in [0.4, 0.5) is 0 Å². The van der Waals surface area contributed by atoms with Crippen molar-refractivity contribution in [3.8, 4) is 0 Å². The Morgan fingerprint density at radius 3 is 0.860 bits per heavy atom. The first-order chi connectivity index (χ1) is 24.2. The van der Waals surface area contributed by atoms with E-state index < -0.39 is 11.9 Å². The van der Waals surface area contributed by atoms with E-state index in [0.717, 1.165) is 25.7 Å². The molecule has 0 atom stereocenters.